The summed E-state index contributed by atoms with van der Waals surface area (Å²) in [6.45, 7) is 1.84. The van der Waals surface area contributed by atoms with E-state index < -0.39 is 15.9 Å². The molecule has 0 saturated carbocycles. The maximum absolute atomic E-state index is 13.6. The molecule has 0 aliphatic rings. The Labute approximate surface area is 127 Å². The van der Waals surface area contributed by atoms with Gasteiger partial charge in [-0.1, -0.05) is 18.2 Å². The number of benzene rings is 2. The van der Waals surface area contributed by atoms with Crippen LogP contribution in [0.5, 0.6) is 5.75 Å². The molecule has 22 heavy (non-hydrogen) atoms. The summed E-state index contributed by atoms with van der Waals surface area (Å²) in [7, 11) is -4.16. The van der Waals surface area contributed by atoms with Crippen LogP contribution in [0.2, 0.25) is 0 Å². The van der Waals surface area contributed by atoms with Crippen molar-refractivity contribution in [2.24, 2.45) is 0 Å². The van der Waals surface area contributed by atoms with Crippen molar-refractivity contribution >= 4 is 21.0 Å². The molecule has 6 heteroatoms. The zero-order valence-electron chi connectivity index (χ0n) is 11.7. The molecule has 0 bridgehead atoms. The van der Waals surface area contributed by atoms with Gasteiger partial charge in [-0.2, -0.15) is 8.42 Å². The molecule has 3 rings (SSSR count). The summed E-state index contributed by atoms with van der Waals surface area (Å²) in [5.74, 6) is -1.07. The van der Waals surface area contributed by atoms with Crippen LogP contribution in [-0.2, 0) is 10.1 Å². The number of hydrogen-bond donors (Lipinski definition) is 0. The van der Waals surface area contributed by atoms with Crippen molar-refractivity contribution in [3.63, 3.8) is 0 Å². The van der Waals surface area contributed by atoms with Crippen LogP contribution in [0.4, 0.5) is 4.39 Å². The van der Waals surface area contributed by atoms with Crippen molar-refractivity contribution in [2.75, 3.05) is 0 Å². The number of aromatic nitrogens is 1. The van der Waals surface area contributed by atoms with E-state index in [4.69, 9.17) is 4.18 Å². The normalized spacial score (nSPS) is 11.5. The monoisotopic (exact) mass is 317 g/mol. The Hall–Kier alpha value is -2.47. The molecule has 4 nitrogen and oxygen atoms in total. The van der Waals surface area contributed by atoms with Crippen molar-refractivity contribution in [2.45, 2.75) is 11.8 Å². The largest absolute Gasteiger partial charge is 0.376 e. The highest BCUT2D eigenvalue weighted by molar-refractivity contribution is 7.87. The minimum atomic E-state index is -4.16. The summed E-state index contributed by atoms with van der Waals surface area (Å²) < 4.78 is 43.5. The average Bonchev–Trinajstić information content (AvgIpc) is 2.50. The molecule has 0 spiro atoms. The van der Waals surface area contributed by atoms with E-state index in [1.165, 1.54) is 24.3 Å². The molecular formula is C16H12FNO3S. The molecule has 2 aromatic carbocycles. The van der Waals surface area contributed by atoms with E-state index in [-0.39, 0.29) is 10.6 Å². The second kappa shape index (κ2) is 5.38. The number of pyridine rings is 1. The number of fused-ring (bicyclic) bond motifs is 1. The zero-order chi connectivity index (χ0) is 15.7. The zero-order valence-corrected chi connectivity index (χ0v) is 12.5. The Morgan fingerprint density at radius 2 is 1.82 bits per heavy atom. The van der Waals surface area contributed by atoms with E-state index in [1.54, 1.807) is 24.4 Å². The SMILES string of the molecule is Cc1ccc(S(=O)(=O)Oc2ccccc2F)c2cccnc12. The number of hydrogen-bond acceptors (Lipinski definition) is 4. The molecule has 112 valence electrons. The lowest BCUT2D eigenvalue weighted by molar-refractivity contribution is 0.462. The average molecular weight is 317 g/mol. The van der Waals surface area contributed by atoms with Crippen LogP contribution >= 0.6 is 0 Å². The fourth-order valence-electron chi connectivity index (χ4n) is 2.18. The first-order chi connectivity index (χ1) is 10.5. The second-order valence-electron chi connectivity index (χ2n) is 4.75. The third-order valence-corrected chi connectivity index (χ3v) is 4.53. The van der Waals surface area contributed by atoms with Gasteiger partial charge in [0.2, 0.25) is 0 Å². The van der Waals surface area contributed by atoms with E-state index in [0.717, 1.165) is 11.6 Å². The Balaban J connectivity index is 2.14. The summed E-state index contributed by atoms with van der Waals surface area (Å²) in [6, 6.07) is 11.7. The smallest absolute Gasteiger partial charge is 0.339 e. The minimum absolute atomic E-state index is 0.0375. The first-order valence-corrected chi connectivity index (χ1v) is 7.93. The minimum Gasteiger partial charge on any atom is -0.376 e. The topological polar surface area (TPSA) is 56.3 Å². The molecule has 1 heterocycles. The standard InChI is InChI=1S/C16H12FNO3S/c1-11-8-9-15(12-5-4-10-18-16(11)12)22(19,20)21-14-7-3-2-6-13(14)17/h2-10H,1H3. The van der Waals surface area contributed by atoms with Crippen LogP contribution in [0.1, 0.15) is 5.56 Å². The fraction of sp³-hybridized carbons (Fsp3) is 0.0625. The molecule has 0 saturated heterocycles. The van der Waals surface area contributed by atoms with Gasteiger partial charge in [-0.25, -0.2) is 4.39 Å². The van der Waals surface area contributed by atoms with Gasteiger partial charge in [0.1, 0.15) is 4.90 Å². The maximum Gasteiger partial charge on any atom is 0.339 e. The van der Waals surface area contributed by atoms with Crippen LogP contribution in [0, 0.1) is 12.7 Å². The van der Waals surface area contributed by atoms with Crippen molar-refractivity contribution in [1.29, 1.82) is 0 Å². The highest BCUT2D eigenvalue weighted by Crippen LogP contribution is 2.27. The number of para-hydroxylation sites is 1. The predicted molar refractivity (Wildman–Crippen MR) is 80.7 cm³/mol. The van der Waals surface area contributed by atoms with Gasteiger partial charge in [-0.3, -0.25) is 4.98 Å². The molecule has 0 fully saturated rings. The van der Waals surface area contributed by atoms with Crippen LogP contribution in [0.15, 0.2) is 59.6 Å². The van der Waals surface area contributed by atoms with Crippen molar-refractivity contribution < 1.29 is 17.0 Å². The summed E-state index contributed by atoms with van der Waals surface area (Å²) in [4.78, 5) is 4.15. The molecule has 3 aromatic rings. The number of rotatable bonds is 3. The van der Waals surface area contributed by atoms with Crippen LogP contribution in [-0.4, -0.2) is 13.4 Å². The summed E-state index contributed by atoms with van der Waals surface area (Å²) in [6.07, 6.45) is 1.59. The van der Waals surface area contributed by atoms with Crippen molar-refractivity contribution in [3.8, 4) is 5.75 Å². The van der Waals surface area contributed by atoms with Crippen LogP contribution in [0.3, 0.4) is 0 Å². The Kier molecular flexibility index (Phi) is 3.54. The van der Waals surface area contributed by atoms with Crippen LogP contribution < -0.4 is 4.18 Å². The molecule has 0 amide bonds. The van der Waals surface area contributed by atoms with E-state index in [0.29, 0.717) is 10.9 Å². The highest BCUT2D eigenvalue weighted by Gasteiger charge is 2.22. The number of halogens is 1. The number of nitrogens with zero attached hydrogens (tertiary/aromatic N) is 1. The van der Waals surface area contributed by atoms with Crippen molar-refractivity contribution in [1.82, 2.24) is 4.98 Å². The Morgan fingerprint density at radius 1 is 1.05 bits per heavy atom. The molecule has 0 radical (unpaired) electrons. The lowest BCUT2D eigenvalue weighted by Gasteiger charge is -2.10. The quantitative estimate of drug-likeness (QED) is 0.694. The fourth-order valence-corrected chi connectivity index (χ4v) is 3.31. The molecule has 0 atom stereocenters. The predicted octanol–water partition coefficient (Wildman–Crippen LogP) is 3.45. The molecule has 0 N–H and O–H groups in total. The molecular weight excluding hydrogens is 305 g/mol. The van der Waals surface area contributed by atoms with Gasteiger partial charge in [0.25, 0.3) is 0 Å². The second-order valence-corrected chi connectivity index (χ2v) is 6.26. The first kappa shape index (κ1) is 14.5. The Bertz CT molecular complexity index is 955. The van der Waals surface area contributed by atoms with Crippen LogP contribution in [0.25, 0.3) is 10.9 Å². The van der Waals surface area contributed by atoms with Gasteiger partial charge in [0.05, 0.1) is 5.52 Å². The lowest BCUT2D eigenvalue weighted by Crippen LogP contribution is -2.11. The van der Waals surface area contributed by atoms with Gasteiger partial charge in [-0.15, -0.1) is 0 Å². The van der Waals surface area contributed by atoms with Gasteiger partial charge < -0.3 is 4.18 Å². The molecule has 1 aromatic heterocycles. The van der Waals surface area contributed by atoms with Gasteiger partial charge in [0, 0.05) is 11.6 Å². The third-order valence-electron chi connectivity index (χ3n) is 3.24. The first-order valence-electron chi connectivity index (χ1n) is 6.52. The lowest BCUT2D eigenvalue weighted by atomic mass is 10.1. The van der Waals surface area contributed by atoms with Crippen molar-refractivity contribution in [3.05, 3.63) is 66.1 Å². The van der Waals surface area contributed by atoms with E-state index in [2.05, 4.69) is 4.98 Å². The van der Waals surface area contributed by atoms with E-state index >= 15 is 0 Å². The van der Waals surface area contributed by atoms with Gasteiger partial charge >= 0.3 is 10.1 Å². The maximum atomic E-state index is 13.6. The number of aryl methyl sites for hydroxylation is 1. The third kappa shape index (κ3) is 2.53. The molecule has 0 unspecified atom stereocenters. The highest BCUT2D eigenvalue weighted by atomic mass is 32.2. The summed E-state index contributed by atoms with van der Waals surface area (Å²) in [5.41, 5.74) is 1.42. The van der Waals surface area contributed by atoms with Gasteiger partial charge in [0.15, 0.2) is 11.6 Å². The summed E-state index contributed by atoms with van der Waals surface area (Å²) >= 11 is 0. The summed E-state index contributed by atoms with van der Waals surface area (Å²) in [5, 5.41) is 0.443. The molecule has 0 aliphatic carbocycles. The van der Waals surface area contributed by atoms with E-state index in [1.807, 2.05) is 6.92 Å². The Morgan fingerprint density at radius 3 is 2.59 bits per heavy atom. The molecule has 0 aliphatic heterocycles. The van der Waals surface area contributed by atoms with E-state index in [9.17, 15) is 12.8 Å². The van der Waals surface area contributed by atoms with Gasteiger partial charge in [-0.05, 0) is 42.8 Å².